The number of hydrogen-bond donors (Lipinski definition) is 1. The molecule has 7 heteroatoms. The Labute approximate surface area is 172 Å². The Morgan fingerprint density at radius 3 is 2.31 bits per heavy atom. The summed E-state index contributed by atoms with van der Waals surface area (Å²) >= 11 is 0. The van der Waals surface area contributed by atoms with E-state index in [-0.39, 0.29) is 23.8 Å². The van der Waals surface area contributed by atoms with Gasteiger partial charge in [0, 0.05) is 13.1 Å². The Kier molecular flexibility index (Phi) is 5.19. The highest BCUT2D eigenvalue weighted by atomic mass is 16.5. The van der Waals surface area contributed by atoms with Crippen molar-refractivity contribution in [1.82, 2.24) is 15.1 Å². The van der Waals surface area contributed by atoms with Gasteiger partial charge in [0.25, 0.3) is 5.91 Å². The maximum Gasteiger partial charge on any atom is 0.326 e. The molecule has 1 saturated heterocycles. The van der Waals surface area contributed by atoms with E-state index >= 15 is 0 Å². The van der Waals surface area contributed by atoms with Gasteiger partial charge in [-0.2, -0.15) is 0 Å². The summed E-state index contributed by atoms with van der Waals surface area (Å²) in [4.78, 5) is 29.8. The Morgan fingerprint density at radius 2 is 1.69 bits per heavy atom. The van der Waals surface area contributed by atoms with Crippen LogP contribution < -0.4 is 14.8 Å². The summed E-state index contributed by atoms with van der Waals surface area (Å²) in [5.41, 5.74) is 1.64. The van der Waals surface area contributed by atoms with Crippen molar-refractivity contribution in [3.05, 3.63) is 23.3 Å². The summed E-state index contributed by atoms with van der Waals surface area (Å²) in [7, 11) is 3.27. The van der Waals surface area contributed by atoms with E-state index in [0.29, 0.717) is 19.0 Å². The number of rotatable bonds is 4. The number of ether oxygens (including phenoxy) is 2. The summed E-state index contributed by atoms with van der Waals surface area (Å²) in [6.45, 7) is 5.96. The molecule has 1 N–H and O–H groups in total. The number of benzene rings is 1. The van der Waals surface area contributed by atoms with E-state index in [0.717, 1.165) is 43.5 Å². The molecule has 0 radical (unpaired) electrons. The normalized spacial score (nSPS) is 26.4. The number of fused-ring (bicyclic) bond motifs is 1. The van der Waals surface area contributed by atoms with Crippen molar-refractivity contribution >= 4 is 11.9 Å². The summed E-state index contributed by atoms with van der Waals surface area (Å²) in [6.07, 6.45) is 3.91. The second-order valence-electron chi connectivity index (χ2n) is 8.69. The first-order chi connectivity index (χ1) is 13.9. The molecule has 29 heavy (non-hydrogen) atoms. The van der Waals surface area contributed by atoms with Crippen LogP contribution in [0.1, 0.15) is 44.2 Å². The highest BCUT2D eigenvalue weighted by Crippen LogP contribution is 2.42. The molecule has 3 aliphatic rings. The van der Waals surface area contributed by atoms with Crippen molar-refractivity contribution in [1.29, 1.82) is 0 Å². The molecule has 0 unspecified atom stereocenters. The van der Waals surface area contributed by atoms with E-state index in [9.17, 15) is 9.59 Å². The number of hydrogen-bond acceptors (Lipinski definition) is 5. The van der Waals surface area contributed by atoms with E-state index in [1.54, 1.807) is 14.2 Å². The summed E-state index contributed by atoms with van der Waals surface area (Å²) in [5, 5.41) is 3.08. The number of carbonyl (C=O) groups is 2. The lowest BCUT2D eigenvalue weighted by Gasteiger charge is -2.42. The zero-order valence-corrected chi connectivity index (χ0v) is 17.8. The third-order valence-corrected chi connectivity index (χ3v) is 7.13. The minimum absolute atomic E-state index is 0.0553. The molecule has 1 aliphatic carbocycles. The Hall–Kier alpha value is -2.28. The van der Waals surface area contributed by atoms with Gasteiger partial charge in [0.15, 0.2) is 11.5 Å². The fourth-order valence-electron chi connectivity index (χ4n) is 5.34. The minimum Gasteiger partial charge on any atom is -0.493 e. The highest BCUT2D eigenvalue weighted by Gasteiger charge is 2.58. The van der Waals surface area contributed by atoms with Crippen LogP contribution in [0.4, 0.5) is 4.79 Å². The molecule has 2 aliphatic heterocycles. The van der Waals surface area contributed by atoms with Gasteiger partial charge in [-0.1, -0.05) is 20.3 Å². The van der Waals surface area contributed by atoms with Crippen LogP contribution in [0, 0.1) is 11.8 Å². The zero-order chi connectivity index (χ0) is 20.8. The number of carbonyl (C=O) groups excluding carboxylic acids is 2. The lowest BCUT2D eigenvalue weighted by Crippen LogP contribution is -2.59. The average Bonchev–Trinajstić information content (AvgIpc) is 2.96. The molecule has 0 aromatic heterocycles. The van der Waals surface area contributed by atoms with Gasteiger partial charge in [-0.3, -0.25) is 9.69 Å². The van der Waals surface area contributed by atoms with Gasteiger partial charge < -0.3 is 14.8 Å². The lowest BCUT2D eigenvalue weighted by molar-refractivity contribution is -0.138. The zero-order valence-electron chi connectivity index (χ0n) is 17.8. The van der Waals surface area contributed by atoms with E-state index < -0.39 is 5.54 Å². The molecule has 158 valence electrons. The molecule has 4 rings (SSSR count). The third-order valence-electron chi connectivity index (χ3n) is 7.13. The van der Waals surface area contributed by atoms with Crippen molar-refractivity contribution in [2.75, 3.05) is 27.4 Å². The van der Waals surface area contributed by atoms with Crippen molar-refractivity contribution in [2.24, 2.45) is 11.8 Å². The topological polar surface area (TPSA) is 71.1 Å². The van der Waals surface area contributed by atoms with E-state index in [4.69, 9.17) is 9.47 Å². The predicted octanol–water partition coefficient (Wildman–Crippen LogP) is 2.77. The van der Waals surface area contributed by atoms with Crippen LogP contribution >= 0.6 is 0 Å². The second-order valence-corrected chi connectivity index (χ2v) is 8.69. The van der Waals surface area contributed by atoms with Crippen LogP contribution in [-0.2, 0) is 17.8 Å². The van der Waals surface area contributed by atoms with Crippen molar-refractivity contribution in [3.63, 3.8) is 0 Å². The molecule has 2 atom stereocenters. The molecule has 3 amide bonds. The van der Waals surface area contributed by atoms with E-state index in [1.165, 1.54) is 10.5 Å². The van der Waals surface area contributed by atoms with Gasteiger partial charge in [0.1, 0.15) is 5.54 Å². The molecule has 2 fully saturated rings. The molecule has 2 heterocycles. The van der Waals surface area contributed by atoms with Crippen molar-refractivity contribution in [2.45, 2.75) is 51.6 Å². The van der Waals surface area contributed by atoms with Crippen LogP contribution in [0.25, 0.3) is 0 Å². The maximum absolute atomic E-state index is 13.4. The fraction of sp³-hybridized carbons (Fsp3) is 0.636. The van der Waals surface area contributed by atoms with Gasteiger partial charge in [-0.25, -0.2) is 9.69 Å². The van der Waals surface area contributed by atoms with Crippen LogP contribution in [0.3, 0.4) is 0 Å². The average molecular weight is 402 g/mol. The first-order valence-corrected chi connectivity index (χ1v) is 10.5. The van der Waals surface area contributed by atoms with Crippen LogP contribution in [0.2, 0.25) is 0 Å². The largest absolute Gasteiger partial charge is 0.493 e. The second kappa shape index (κ2) is 7.52. The number of amides is 3. The molecule has 1 spiro atoms. The van der Waals surface area contributed by atoms with Gasteiger partial charge in [-0.05, 0) is 54.4 Å². The first kappa shape index (κ1) is 20.0. The van der Waals surface area contributed by atoms with Gasteiger partial charge in [0.05, 0.1) is 20.9 Å². The standard InChI is InChI=1S/C22H31N3O4/c1-14-6-5-7-15(2)22(14)20(26)25(21(27)23-22)13-24-9-8-16-10-18(28-3)19(29-4)11-17(16)12-24/h10-11,14-15H,5-9,12-13H2,1-4H3,(H,23,27)/t14-,15-/m0/s1. The third kappa shape index (κ3) is 3.16. The predicted molar refractivity (Wildman–Crippen MR) is 109 cm³/mol. The molecule has 1 saturated carbocycles. The number of imide groups is 1. The summed E-state index contributed by atoms with van der Waals surface area (Å²) in [6, 6.07) is 3.77. The maximum atomic E-state index is 13.4. The molecule has 7 nitrogen and oxygen atoms in total. The minimum atomic E-state index is -0.736. The van der Waals surface area contributed by atoms with Gasteiger partial charge in [0.2, 0.25) is 0 Å². The number of nitrogens with zero attached hydrogens (tertiary/aromatic N) is 2. The molecule has 0 bridgehead atoms. The molecular weight excluding hydrogens is 370 g/mol. The summed E-state index contributed by atoms with van der Waals surface area (Å²) < 4.78 is 10.8. The van der Waals surface area contributed by atoms with Crippen LogP contribution in [0.15, 0.2) is 12.1 Å². The monoisotopic (exact) mass is 401 g/mol. The SMILES string of the molecule is COc1cc2c(cc1OC)CN(CN1C(=O)NC3(C1=O)[C@@H](C)CCC[C@@H]3C)CC2. The smallest absolute Gasteiger partial charge is 0.326 e. The summed E-state index contributed by atoms with van der Waals surface area (Å²) in [5.74, 6) is 1.70. The first-order valence-electron chi connectivity index (χ1n) is 10.5. The van der Waals surface area contributed by atoms with Gasteiger partial charge in [-0.15, -0.1) is 0 Å². The van der Waals surface area contributed by atoms with Crippen LogP contribution in [-0.4, -0.2) is 54.7 Å². The number of nitrogens with one attached hydrogen (secondary N) is 1. The Morgan fingerprint density at radius 1 is 1.07 bits per heavy atom. The van der Waals surface area contributed by atoms with Crippen LogP contribution in [0.5, 0.6) is 11.5 Å². The fourth-order valence-corrected chi connectivity index (χ4v) is 5.34. The molecule has 1 aromatic rings. The van der Waals surface area contributed by atoms with E-state index in [1.807, 2.05) is 12.1 Å². The molecular formula is C22H31N3O4. The van der Waals surface area contributed by atoms with Gasteiger partial charge >= 0.3 is 6.03 Å². The Bertz CT molecular complexity index is 815. The Balaban J connectivity index is 1.52. The quantitative estimate of drug-likeness (QED) is 0.786. The number of urea groups is 1. The lowest BCUT2D eigenvalue weighted by atomic mass is 9.67. The highest BCUT2D eigenvalue weighted by molar-refractivity contribution is 6.07. The molecule has 1 aromatic carbocycles. The number of methoxy groups -OCH3 is 2. The van der Waals surface area contributed by atoms with Crippen molar-refractivity contribution in [3.8, 4) is 11.5 Å². The van der Waals surface area contributed by atoms with Crippen molar-refractivity contribution < 1.29 is 19.1 Å². The van der Waals surface area contributed by atoms with E-state index in [2.05, 4.69) is 24.1 Å².